The number of halogens is 1. The van der Waals surface area contributed by atoms with Crippen LogP contribution in [-0.2, 0) is 0 Å². The second-order valence-corrected chi connectivity index (χ2v) is 7.28. The lowest BCUT2D eigenvalue weighted by atomic mass is 9.49. The molecule has 0 amide bonds. The molecular weight excluding hydrogens is 249 g/mol. The van der Waals surface area contributed by atoms with Gasteiger partial charge in [-0.15, -0.1) is 0 Å². The van der Waals surface area contributed by atoms with E-state index in [0.717, 1.165) is 18.7 Å². The normalized spacial score (nSPS) is 33.2. The van der Waals surface area contributed by atoms with E-state index in [9.17, 15) is 4.39 Å². The van der Waals surface area contributed by atoms with Gasteiger partial charge in [0.2, 0.25) is 0 Å². The molecule has 1 saturated carbocycles. The molecule has 2 aliphatic rings. The molecule has 2 unspecified atom stereocenters. The number of nitrogens with one attached hydrogen (secondary N) is 1. The number of rotatable bonds is 1. The Morgan fingerprint density at radius 1 is 1.10 bits per heavy atom. The van der Waals surface area contributed by atoms with Crippen LogP contribution in [0.1, 0.15) is 57.4 Å². The van der Waals surface area contributed by atoms with E-state index < -0.39 is 0 Å². The van der Waals surface area contributed by atoms with Gasteiger partial charge in [-0.3, -0.25) is 0 Å². The molecule has 1 spiro atoms. The predicted octanol–water partition coefficient (Wildman–Crippen LogP) is 4.49. The molecule has 0 aromatic heterocycles. The molecule has 0 radical (unpaired) electrons. The molecule has 1 aliphatic heterocycles. The van der Waals surface area contributed by atoms with E-state index in [2.05, 4.69) is 19.2 Å². The van der Waals surface area contributed by atoms with E-state index in [4.69, 9.17) is 0 Å². The summed E-state index contributed by atoms with van der Waals surface area (Å²) in [7, 11) is 0. The zero-order valence-corrected chi connectivity index (χ0v) is 12.7. The van der Waals surface area contributed by atoms with Crippen molar-refractivity contribution in [2.75, 3.05) is 13.1 Å². The number of benzene rings is 1. The average molecular weight is 275 g/mol. The smallest absolute Gasteiger partial charge is 0.126 e. The van der Waals surface area contributed by atoms with E-state index in [-0.39, 0.29) is 11.2 Å². The summed E-state index contributed by atoms with van der Waals surface area (Å²) in [6.45, 7) is 6.81. The van der Waals surface area contributed by atoms with Crippen LogP contribution in [0.25, 0.3) is 0 Å². The molecule has 2 fully saturated rings. The first-order chi connectivity index (χ1) is 9.57. The maximum atomic E-state index is 14.3. The van der Waals surface area contributed by atoms with Gasteiger partial charge in [0.25, 0.3) is 0 Å². The van der Waals surface area contributed by atoms with Crippen LogP contribution in [0.15, 0.2) is 24.3 Å². The second-order valence-electron chi connectivity index (χ2n) is 7.28. The molecule has 1 aromatic carbocycles. The first-order valence-electron chi connectivity index (χ1n) is 8.02. The lowest BCUT2D eigenvalue weighted by Gasteiger charge is -2.57. The highest BCUT2D eigenvalue weighted by molar-refractivity contribution is 5.27. The number of piperidine rings is 1. The minimum Gasteiger partial charge on any atom is -0.316 e. The third-order valence-corrected chi connectivity index (χ3v) is 6.07. The van der Waals surface area contributed by atoms with Gasteiger partial charge in [0.15, 0.2) is 0 Å². The summed E-state index contributed by atoms with van der Waals surface area (Å²) >= 11 is 0. The molecule has 1 heterocycles. The molecule has 1 N–H and O–H groups in total. The highest BCUT2D eigenvalue weighted by Gasteiger charge is 2.52. The molecule has 1 saturated heterocycles. The molecule has 2 heteroatoms. The van der Waals surface area contributed by atoms with Gasteiger partial charge in [0.05, 0.1) is 0 Å². The van der Waals surface area contributed by atoms with Gasteiger partial charge < -0.3 is 5.32 Å². The third kappa shape index (κ3) is 2.09. The summed E-state index contributed by atoms with van der Waals surface area (Å²) in [5.74, 6) is 0.287. The van der Waals surface area contributed by atoms with Gasteiger partial charge in [-0.05, 0) is 48.3 Å². The highest BCUT2D eigenvalue weighted by Crippen LogP contribution is 2.60. The van der Waals surface area contributed by atoms with Gasteiger partial charge in [-0.1, -0.05) is 44.9 Å². The van der Waals surface area contributed by atoms with Crippen LogP contribution >= 0.6 is 0 Å². The Morgan fingerprint density at radius 3 is 2.60 bits per heavy atom. The minimum absolute atomic E-state index is 0.0260. The molecule has 110 valence electrons. The number of hydrogen-bond donors (Lipinski definition) is 1. The molecular formula is C18H26FN. The largest absolute Gasteiger partial charge is 0.316 e. The second kappa shape index (κ2) is 5.14. The first kappa shape index (κ1) is 14.1. The Hall–Kier alpha value is -0.890. The van der Waals surface area contributed by atoms with Crippen molar-refractivity contribution < 1.29 is 4.39 Å². The van der Waals surface area contributed by atoms with Crippen LogP contribution < -0.4 is 5.32 Å². The highest BCUT2D eigenvalue weighted by atomic mass is 19.1. The van der Waals surface area contributed by atoms with Crippen molar-refractivity contribution in [1.82, 2.24) is 5.32 Å². The van der Waals surface area contributed by atoms with Crippen molar-refractivity contribution in [2.24, 2.45) is 10.8 Å². The van der Waals surface area contributed by atoms with Crippen LogP contribution in [-0.4, -0.2) is 13.1 Å². The van der Waals surface area contributed by atoms with E-state index >= 15 is 0 Å². The van der Waals surface area contributed by atoms with Gasteiger partial charge in [-0.25, -0.2) is 4.39 Å². The monoisotopic (exact) mass is 275 g/mol. The topological polar surface area (TPSA) is 12.0 Å². The SMILES string of the molecule is CC1(C)CCCCC12CCNCC2c1ccccc1F. The van der Waals surface area contributed by atoms with Crippen molar-refractivity contribution in [3.05, 3.63) is 35.6 Å². The minimum atomic E-state index is -0.0260. The zero-order valence-electron chi connectivity index (χ0n) is 12.7. The van der Waals surface area contributed by atoms with E-state index in [1.165, 1.54) is 32.1 Å². The zero-order chi connectivity index (χ0) is 14.2. The molecule has 1 nitrogen and oxygen atoms in total. The van der Waals surface area contributed by atoms with Gasteiger partial charge in [-0.2, -0.15) is 0 Å². The molecule has 3 rings (SSSR count). The third-order valence-electron chi connectivity index (χ3n) is 6.07. The molecule has 1 aromatic rings. The van der Waals surface area contributed by atoms with E-state index in [0.29, 0.717) is 11.3 Å². The Morgan fingerprint density at radius 2 is 1.85 bits per heavy atom. The molecule has 20 heavy (non-hydrogen) atoms. The molecule has 1 aliphatic carbocycles. The Kier molecular flexibility index (Phi) is 3.62. The van der Waals surface area contributed by atoms with Crippen molar-refractivity contribution in [1.29, 1.82) is 0 Å². The van der Waals surface area contributed by atoms with Gasteiger partial charge in [0, 0.05) is 12.5 Å². The summed E-state index contributed by atoms with van der Waals surface area (Å²) in [6.07, 6.45) is 6.33. The van der Waals surface area contributed by atoms with E-state index in [1.54, 1.807) is 12.1 Å². The predicted molar refractivity (Wildman–Crippen MR) is 81.3 cm³/mol. The summed E-state index contributed by atoms with van der Waals surface area (Å²) < 4.78 is 14.3. The Labute approximate surface area is 122 Å². The quantitative estimate of drug-likeness (QED) is 0.796. The summed E-state index contributed by atoms with van der Waals surface area (Å²) in [5.41, 5.74) is 1.49. The maximum Gasteiger partial charge on any atom is 0.126 e. The summed E-state index contributed by atoms with van der Waals surface area (Å²) in [6, 6.07) is 7.40. The van der Waals surface area contributed by atoms with Gasteiger partial charge in [0.1, 0.15) is 5.82 Å². The van der Waals surface area contributed by atoms with Crippen molar-refractivity contribution in [2.45, 2.75) is 51.9 Å². The fourth-order valence-corrected chi connectivity index (χ4v) is 4.80. The fourth-order valence-electron chi connectivity index (χ4n) is 4.80. The Balaban J connectivity index is 2.05. The number of hydrogen-bond acceptors (Lipinski definition) is 1. The van der Waals surface area contributed by atoms with Crippen molar-refractivity contribution in [3.8, 4) is 0 Å². The van der Waals surface area contributed by atoms with Crippen LogP contribution in [0.3, 0.4) is 0 Å². The standard InChI is InChI=1S/C18H26FN/c1-17(2)9-5-6-10-18(17)11-12-20-13-15(18)14-7-3-4-8-16(14)19/h3-4,7-8,15,20H,5-6,9-13H2,1-2H3. The summed E-state index contributed by atoms with van der Waals surface area (Å²) in [5, 5.41) is 3.50. The van der Waals surface area contributed by atoms with Crippen molar-refractivity contribution >= 4 is 0 Å². The molecule has 0 bridgehead atoms. The van der Waals surface area contributed by atoms with Crippen LogP contribution in [0, 0.1) is 16.6 Å². The summed E-state index contributed by atoms with van der Waals surface area (Å²) in [4.78, 5) is 0. The van der Waals surface area contributed by atoms with Crippen LogP contribution in [0.2, 0.25) is 0 Å². The lowest BCUT2D eigenvalue weighted by Crippen LogP contribution is -2.53. The average Bonchev–Trinajstić information content (AvgIpc) is 2.44. The van der Waals surface area contributed by atoms with Crippen LogP contribution in [0.4, 0.5) is 4.39 Å². The lowest BCUT2D eigenvalue weighted by molar-refractivity contribution is -0.0329. The Bertz CT molecular complexity index is 476. The van der Waals surface area contributed by atoms with Crippen molar-refractivity contribution in [3.63, 3.8) is 0 Å². The fraction of sp³-hybridized carbons (Fsp3) is 0.667. The van der Waals surface area contributed by atoms with Crippen LogP contribution in [0.5, 0.6) is 0 Å². The maximum absolute atomic E-state index is 14.3. The van der Waals surface area contributed by atoms with E-state index in [1.807, 2.05) is 12.1 Å². The van der Waals surface area contributed by atoms with Gasteiger partial charge >= 0.3 is 0 Å². The molecule has 2 atom stereocenters. The first-order valence-corrected chi connectivity index (χ1v) is 8.02.